The first-order valence-electron chi connectivity index (χ1n) is 5.11. The molecule has 0 N–H and O–H groups in total. The summed E-state index contributed by atoms with van der Waals surface area (Å²) in [5.74, 6) is 0. The maximum Gasteiger partial charge on any atom is 0.252 e. The van der Waals surface area contributed by atoms with Crippen LogP contribution in [0.25, 0.3) is 0 Å². The number of hydrogen-bond acceptors (Lipinski definition) is 1. The van der Waals surface area contributed by atoms with Gasteiger partial charge in [0.15, 0.2) is 12.4 Å². The summed E-state index contributed by atoms with van der Waals surface area (Å²) in [6.07, 6.45) is 3.97. The molecular formula is C13H13BrNO+. The molecule has 0 saturated heterocycles. The molecule has 0 spiro atoms. The summed E-state index contributed by atoms with van der Waals surface area (Å²) >= 11 is 3.42. The van der Waals surface area contributed by atoms with Gasteiger partial charge in [-0.3, -0.25) is 0 Å². The fourth-order valence-electron chi connectivity index (χ4n) is 1.41. The molecule has 0 atom stereocenters. The lowest BCUT2D eigenvalue weighted by atomic mass is 10.2. The van der Waals surface area contributed by atoms with Crippen molar-refractivity contribution in [1.82, 2.24) is 0 Å². The molecule has 2 aromatic rings. The van der Waals surface area contributed by atoms with E-state index in [9.17, 15) is 0 Å². The molecule has 82 valence electrons. The van der Waals surface area contributed by atoms with Gasteiger partial charge in [0, 0.05) is 6.07 Å². The number of hydrogen-bond donors (Lipinski definition) is 0. The molecule has 2 nitrogen and oxygen atoms in total. The van der Waals surface area contributed by atoms with Gasteiger partial charge in [0.2, 0.25) is 0 Å². The zero-order chi connectivity index (χ0) is 11.2. The van der Waals surface area contributed by atoms with E-state index in [1.165, 1.54) is 5.56 Å². The Balaban J connectivity index is 1.85. The summed E-state index contributed by atoms with van der Waals surface area (Å²) in [6.45, 7) is 1.20. The Kier molecular flexibility index (Phi) is 4.08. The summed E-state index contributed by atoms with van der Waals surface area (Å²) in [4.78, 5) is 0. The third-order valence-corrected chi connectivity index (χ3v) is 2.64. The number of rotatable bonds is 4. The molecule has 3 heteroatoms. The van der Waals surface area contributed by atoms with Crippen molar-refractivity contribution in [2.45, 2.75) is 13.3 Å². The molecule has 16 heavy (non-hydrogen) atoms. The summed E-state index contributed by atoms with van der Waals surface area (Å²) in [5, 5.41) is 0. The second kappa shape index (κ2) is 5.77. The second-order valence-corrected chi connectivity index (χ2v) is 4.42. The largest absolute Gasteiger partial charge is 0.318 e. The average molecular weight is 279 g/mol. The number of benzene rings is 1. The summed E-state index contributed by atoms with van der Waals surface area (Å²) in [6, 6.07) is 14.1. The number of pyridine rings is 1. The summed E-state index contributed by atoms with van der Waals surface area (Å²) in [7, 11) is 0. The van der Waals surface area contributed by atoms with Crippen LogP contribution in [0.1, 0.15) is 5.56 Å². The van der Waals surface area contributed by atoms with E-state index in [0.717, 1.165) is 4.47 Å². The first-order chi connectivity index (χ1) is 7.84. The number of nitrogens with zero attached hydrogens (tertiary/aromatic N) is 1. The van der Waals surface area contributed by atoms with Crippen molar-refractivity contribution in [3.8, 4) is 0 Å². The monoisotopic (exact) mass is 278 g/mol. The fourth-order valence-corrected chi connectivity index (χ4v) is 1.83. The van der Waals surface area contributed by atoms with Gasteiger partial charge in [-0.05, 0) is 27.6 Å². The molecule has 0 bridgehead atoms. The highest BCUT2D eigenvalue weighted by molar-refractivity contribution is 9.10. The normalized spacial score (nSPS) is 10.3. The van der Waals surface area contributed by atoms with E-state index < -0.39 is 0 Å². The van der Waals surface area contributed by atoms with E-state index in [4.69, 9.17) is 4.74 Å². The number of aromatic nitrogens is 1. The molecule has 0 amide bonds. The zero-order valence-corrected chi connectivity index (χ0v) is 10.4. The minimum Gasteiger partial charge on any atom is -0.318 e. The van der Waals surface area contributed by atoms with Crippen LogP contribution in [-0.2, 0) is 18.1 Å². The Morgan fingerprint density at radius 2 is 1.88 bits per heavy atom. The molecule has 0 fully saturated rings. The van der Waals surface area contributed by atoms with Crippen LogP contribution >= 0.6 is 15.9 Å². The van der Waals surface area contributed by atoms with Gasteiger partial charge in [0.05, 0.1) is 11.1 Å². The molecule has 0 aliphatic heterocycles. The van der Waals surface area contributed by atoms with Crippen molar-refractivity contribution < 1.29 is 9.30 Å². The lowest BCUT2D eigenvalue weighted by Crippen LogP contribution is -2.34. The molecule has 0 aliphatic rings. The van der Waals surface area contributed by atoms with E-state index in [-0.39, 0.29) is 0 Å². The number of ether oxygens (including phenoxy) is 1. The highest BCUT2D eigenvalue weighted by atomic mass is 79.9. The average Bonchev–Trinajstić information content (AvgIpc) is 2.30. The van der Waals surface area contributed by atoms with E-state index in [1.807, 2.05) is 47.3 Å². The van der Waals surface area contributed by atoms with Crippen LogP contribution in [0.4, 0.5) is 0 Å². The Hall–Kier alpha value is -1.19. The van der Waals surface area contributed by atoms with Gasteiger partial charge in [-0.2, -0.15) is 4.57 Å². The Morgan fingerprint density at radius 3 is 2.62 bits per heavy atom. The molecule has 1 aromatic heterocycles. The van der Waals surface area contributed by atoms with Crippen molar-refractivity contribution in [2.24, 2.45) is 0 Å². The molecule has 1 aromatic carbocycles. The first-order valence-corrected chi connectivity index (χ1v) is 5.90. The lowest BCUT2D eigenvalue weighted by molar-refractivity contribution is -0.734. The van der Waals surface area contributed by atoms with E-state index in [0.29, 0.717) is 13.3 Å². The maximum atomic E-state index is 5.60. The maximum absolute atomic E-state index is 5.60. The van der Waals surface area contributed by atoms with Crippen LogP contribution in [-0.4, -0.2) is 0 Å². The van der Waals surface area contributed by atoms with Gasteiger partial charge in [-0.1, -0.05) is 30.3 Å². The van der Waals surface area contributed by atoms with Gasteiger partial charge in [0.1, 0.15) is 0 Å². The third-order valence-electron chi connectivity index (χ3n) is 2.17. The van der Waals surface area contributed by atoms with Crippen molar-refractivity contribution >= 4 is 15.9 Å². The number of halogens is 1. The van der Waals surface area contributed by atoms with Gasteiger partial charge in [-0.15, -0.1) is 0 Å². The van der Waals surface area contributed by atoms with Gasteiger partial charge in [0.25, 0.3) is 6.73 Å². The van der Waals surface area contributed by atoms with Crippen LogP contribution < -0.4 is 4.57 Å². The highest BCUT2D eigenvalue weighted by Crippen LogP contribution is 2.04. The first kappa shape index (κ1) is 11.3. The Labute approximate surface area is 104 Å². The summed E-state index contributed by atoms with van der Waals surface area (Å²) in [5.41, 5.74) is 1.19. The molecule has 2 rings (SSSR count). The minimum absolute atomic E-state index is 0.564. The van der Waals surface area contributed by atoms with Gasteiger partial charge >= 0.3 is 0 Å². The molecule has 1 heterocycles. The SMILES string of the molecule is Brc1ccc[n+](COCc2ccccc2)c1. The molecule has 0 radical (unpaired) electrons. The third kappa shape index (κ3) is 3.43. The smallest absolute Gasteiger partial charge is 0.252 e. The van der Waals surface area contributed by atoms with Crippen molar-refractivity contribution in [3.05, 3.63) is 64.9 Å². The van der Waals surface area contributed by atoms with Crippen LogP contribution in [0.3, 0.4) is 0 Å². The van der Waals surface area contributed by atoms with Crippen LogP contribution in [0.15, 0.2) is 59.3 Å². The Morgan fingerprint density at radius 1 is 1.06 bits per heavy atom. The van der Waals surface area contributed by atoms with Gasteiger partial charge < -0.3 is 4.74 Å². The standard InChI is InChI=1S/C13H13BrNO/c14-13-7-4-8-15(9-13)11-16-10-12-5-2-1-3-6-12/h1-9H,10-11H2/q+1. The minimum atomic E-state index is 0.564. The predicted molar refractivity (Wildman–Crippen MR) is 65.6 cm³/mol. The van der Waals surface area contributed by atoms with Gasteiger partial charge in [-0.25, -0.2) is 0 Å². The quantitative estimate of drug-likeness (QED) is 0.784. The van der Waals surface area contributed by atoms with Crippen molar-refractivity contribution in [3.63, 3.8) is 0 Å². The fraction of sp³-hybridized carbons (Fsp3) is 0.154. The van der Waals surface area contributed by atoms with Crippen LogP contribution in [0.5, 0.6) is 0 Å². The van der Waals surface area contributed by atoms with Crippen molar-refractivity contribution in [2.75, 3.05) is 0 Å². The summed E-state index contributed by atoms with van der Waals surface area (Å²) < 4.78 is 8.65. The highest BCUT2D eigenvalue weighted by Gasteiger charge is 2.00. The molecule has 0 aliphatic carbocycles. The molecule has 0 unspecified atom stereocenters. The molecular weight excluding hydrogens is 266 g/mol. The van der Waals surface area contributed by atoms with E-state index in [2.05, 4.69) is 28.1 Å². The van der Waals surface area contributed by atoms with Crippen LogP contribution in [0.2, 0.25) is 0 Å². The zero-order valence-electron chi connectivity index (χ0n) is 8.84. The van der Waals surface area contributed by atoms with E-state index >= 15 is 0 Å². The van der Waals surface area contributed by atoms with Crippen molar-refractivity contribution in [1.29, 1.82) is 0 Å². The predicted octanol–water partition coefficient (Wildman–Crippen LogP) is 2.91. The second-order valence-electron chi connectivity index (χ2n) is 3.50. The lowest BCUT2D eigenvalue weighted by Gasteiger charge is -2.01. The Bertz CT molecular complexity index is 445. The van der Waals surface area contributed by atoms with Crippen LogP contribution in [0, 0.1) is 0 Å². The van der Waals surface area contributed by atoms with E-state index in [1.54, 1.807) is 0 Å². The topological polar surface area (TPSA) is 13.1 Å². The molecule has 0 saturated carbocycles.